The monoisotopic (exact) mass is 229 g/mol. The van der Waals surface area contributed by atoms with E-state index in [1.807, 2.05) is 0 Å². The van der Waals surface area contributed by atoms with Crippen LogP contribution in [0.3, 0.4) is 0 Å². The Morgan fingerprint density at radius 2 is 2.44 bits per heavy atom. The second-order valence-electron chi connectivity index (χ2n) is 4.30. The van der Waals surface area contributed by atoms with E-state index in [0.717, 1.165) is 38.7 Å². The van der Waals surface area contributed by atoms with Crippen molar-refractivity contribution in [3.05, 3.63) is 0 Å². The molecule has 1 aliphatic rings. The molecule has 94 valence electrons. The Morgan fingerprint density at radius 3 is 3.00 bits per heavy atom. The highest BCUT2D eigenvalue weighted by molar-refractivity contribution is 5.75. The summed E-state index contributed by atoms with van der Waals surface area (Å²) in [5.41, 5.74) is 0. The first-order valence-electron chi connectivity index (χ1n) is 6.19. The van der Waals surface area contributed by atoms with Gasteiger partial charge < -0.3 is 9.47 Å². The van der Waals surface area contributed by atoms with E-state index in [4.69, 9.17) is 9.47 Å². The van der Waals surface area contributed by atoms with Gasteiger partial charge in [0.1, 0.15) is 6.04 Å². The van der Waals surface area contributed by atoms with Crippen molar-refractivity contribution in [1.29, 1.82) is 0 Å². The van der Waals surface area contributed by atoms with E-state index in [2.05, 4.69) is 12.2 Å². The molecule has 2 atom stereocenters. The number of esters is 1. The number of hydrogen-bond donors (Lipinski definition) is 1. The van der Waals surface area contributed by atoms with E-state index in [9.17, 15) is 4.79 Å². The van der Waals surface area contributed by atoms with Gasteiger partial charge in [0.15, 0.2) is 0 Å². The van der Waals surface area contributed by atoms with Gasteiger partial charge in [-0.2, -0.15) is 0 Å². The van der Waals surface area contributed by atoms with Crippen molar-refractivity contribution in [1.82, 2.24) is 5.32 Å². The molecule has 0 bridgehead atoms. The third-order valence-electron chi connectivity index (χ3n) is 2.93. The number of carbonyl (C=O) groups excluding carboxylic acids is 1. The molecule has 1 fully saturated rings. The molecule has 1 saturated heterocycles. The molecule has 16 heavy (non-hydrogen) atoms. The van der Waals surface area contributed by atoms with Crippen molar-refractivity contribution in [3.63, 3.8) is 0 Å². The Balaban J connectivity index is 2.38. The zero-order chi connectivity index (χ0) is 11.8. The minimum Gasteiger partial charge on any atom is -0.468 e. The van der Waals surface area contributed by atoms with Crippen LogP contribution in [0.25, 0.3) is 0 Å². The van der Waals surface area contributed by atoms with Crippen LogP contribution in [0.5, 0.6) is 0 Å². The minimum atomic E-state index is -0.170. The summed E-state index contributed by atoms with van der Waals surface area (Å²) in [6, 6.07) is 0.131. The predicted molar refractivity (Wildman–Crippen MR) is 62.3 cm³/mol. The average molecular weight is 229 g/mol. The molecule has 0 aromatic carbocycles. The van der Waals surface area contributed by atoms with Gasteiger partial charge in [0.2, 0.25) is 0 Å². The zero-order valence-electron chi connectivity index (χ0n) is 10.3. The van der Waals surface area contributed by atoms with Gasteiger partial charge in [0.25, 0.3) is 0 Å². The number of unbranched alkanes of at least 4 members (excludes halogenated alkanes) is 1. The van der Waals surface area contributed by atoms with E-state index in [1.54, 1.807) is 0 Å². The summed E-state index contributed by atoms with van der Waals surface area (Å²) in [5.74, 6) is -0.154. The van der Waals surface area contributed by atoms with Gasteiger partial charge in [0, 0.05) is 12.6 Å². The fourth-order valence-corrected chi connectivity index (χ4v) is 1.98. The molecule has 1 N–H and O–H groups in total. The van der Waals surface area contributed by atoms with Crippen LogP contribution in [-0.4, -0.2) is 38.4 Å². The van der Waals surface area contributed by atoms with E-state index in [1.165, 1.54) is 7.11 Å². The van der Waals surface area contributed by atoms with Gasteiger partial charge in [-0.15, -0.1) is 0 Å². The Bertz CT molecular complexity index is 202. The van der Waals surface area contributed by atoms with Crippen LogP contribution in [0.15, 0.2) is 0 Å². The molecule has 1 heterocycles. The first kappa shape index (κ1) is 13.5. The van der Waals surface area contributed by atoms with Crippen molar-refractivity contribution in [2.75, 3.05) is 20.3 Å². The maximum absolute atomic E-state index is 11.6. The van der Waals surface area contributed by atoms with Gasteiger partial charge >= 0.3 is 5.97 Å². The minimum absolute atomic E-state index is 0.154. The standard InChI is InChI=1S/C12H23NO3/c1-3-4-7-11(12(14)15-2)13-10-6-5-8-16-9-10/h10-11,13H,3-9H2,1-2H3. The van der Waals surface area contributed by atoms with Crippen molar-refractivity contribution in [2.24, 2.45) is 0 Å². The molecule has 1 aliphatic heterocycles. The summed E-state index contributed by atoms with van der Waals surface area (Å²) in [6.45, 7) is 3.67. The third-order valence-corrected chi connectivity index (χ3v) is 2.93. The molecule has 0 aromatic heterocycles. The summed E-state index contributed by atoms with van der Waals surface area (Å²) < 4.78 is 10.2. The quantitative estimate of drug-likeness (QED) is 0.701. The smallest absolute Gasteiger partial charge is 0.322 e. The summed E-state index contributed by atoms with van der Waals surface area (Å²) in [7, 11) is 1.44. The number of nitrogens with one attached hydrogen (secondary N) is 1. The Kier molecular flexibility index (Phi) is 6.42. The molecule has 1 rings (SSSR count). The van der Waals surface area contributed by atoms with Gasteiger partial charge in [-0.05, 0) is 19.3 Å². The van der Waals surface area contributed by atoms with Gasteiger partial charge in [-0.3, -0.25) is 10.1 Å². The molecule has 0 spiro atoms. The first-order valence-corrected chi connectivity index (χ1v) is 6.19. The maximum atomic E-state index is 11.6. The lowest BCUT2D eigenvalue weighted by atomic mass is 10.1. The van der Waals surface area contributed by atoms with E-state index in [0.29, 0.717) is 12.6 Å². The molecular weight excluding hydrogens is 206 g/mol. The van der Waals surface area contributed by atoms with Crippen molar-refractivity contribution in [3.8, 4) is 0 Å². The second kappa shape index (κ2) is 7.63. The number of hydrogen-bond acceptors (Lipinski definition) is 4. The molecular formula is C12H23NO3. The van der Waals surface area contributed by atoms with Crippen LogP contribution < -0.4 is 5.32 Å². The lowest BCUT2D eigenvalue weighted by molar-refractivity contribution is -0.143. The lowest BCUT2D eigenvalue weighted by Gasteiger charge is -2.27. The predicted octanol–water partition coefficient (Wildman–Crippen LogP) is 1.49. The topological polar surface area (TPSA) is 47.6 Å². The summed E-state index contributed by atoms with van der Waals surface area (Å²) in [4.78, 5) is 11.6. The van der Waals surface area contributed by atoms with Crippen LogP contribution in [0.1, 0.15) is 39.0 Å². The third kappa shape index (κ3) is 4.49. The van der Waals surface area contributed by atoms with Crippen LogP contribution in [0, 0.1) is 0 Å². The number of rotatable bonds is 6. The highest BCUT2D eigenvalue weighted by Gasteiger charge is 2.23. The fraction of sp³-hybridized carbons (Fsp3) is 0.917. The second-order valence-corrected chi connectivity index (χ2v) is 4.30. The maximum Gasteiger partial charge on any atom is 0.322 e. The summed E-state index contributed by atoms with van der Waals surface area (Å²) >= 11 is 0. The molecule has 4 nitrogen and oxygen atoms in total. The Hall–Kier alpha value is -0.610. The Labute approximate surface area is 97.7 Å². The molecule has 0 amide bonds. The molecule has 4 heteroatoms. The number of methoxy groups -OCH3 is 1. The Morgan fingerprint density at radius 1 is 1.62 bits per heavy atom. The normalized spacial score (nSPS) is 22.8. The summed E-state index contributed by atoms with van der Waals surface area (Å²) in [6.07, 6.45) is 5.13. The number of ether oxygens (including phenoxy) is 2. The first-order chi connectivity index (χ1) is 7.77. The van der Waals surface area contributed by atoms with Crippen LogP contribution in [-0.2, 0) is 14.3 Å². The van der Waals surface area contributed by atoms with Gasteiger partial charge in [0.05, 0.1) is 13.7 Å². The van der Waals surface area contributed by atoms with Gasteiger partial charge in [-0.1, -0.05) is 19.8 Å². The van der Waals surface area contributed by atoms with Crippen LogP contribution >= 0.6 is 0 Å². The van der Waals surface area contributed by atoms with Crippen molar-refractivity contribution >= 4 is 5.97 Å². The van der Waals surface area contributed by atoms with Crippen molar-refractivity contribution < 1.29 is 14.3 Å². The van der Waals surface area contributed by atoms with E-state index >= 15 is 0 Å². The highest BCUT2D eigenvalue weighted by Crippen LogP contribution is 2.10. The fourth-order valence-electron chi connectivity index (χ4n) is 1.98. The molecule has 0 aromatic rings. The molecule has 0 radical (unpaired) electrons. The molecule has 0 aliphatic carbocycles. The summed E-state index contributed by atoms with van der Waals surface area (Å²) in [5, 5.41) is 3.34. The van der Waals surface area contributed by atoms with Gasteiger partial charge in [-0.25, -0.2) is 0 Å². The highest BCUT2D eigenvalue weighted by atomic mass is 16.5. The molecule has 0 saturated carbocycles. The van der Waals surface area contributed by atoms with E-state index < -0.39 is 0 Å². The number of carbonyl (C=O) groups is 1. The van der Waals surface area contributed by atoms with Crippen LogP contribution in [0.4, 0.5) is 0 Å². The zero-order valence-corrected chi connectivity index (χ0v) is 10.3. The van der Waals surface area contributed by atoms with E-state index in [-0.39, 0.29) is 12.0 Å². The average Bonchev–Trinajstić information content (AvgIpc) is 2.34. The molecule has 2 unspecified atom stereocenters. The lowest BCUT2D eigenvalue weighted by Crippen LogP contribution is -2.47. The van der Waals surface area contributed by atoms with Crippen molar-refractivity contribution in [2.45, 2.75) is 51.1 Å². The largest absolute Gasteiger partial charge is 0.468 e. The van der Waals surface area contributed by atoms with Crippen LogP contribution in [0.2, 0.25) is 0 Å². The SMILES string of the molecule is CCCCC(NC1CCCOC1)C(=O)OC.